The van der Waals surface area contributed by atoms with Crippen LogP contribution in [-0.2, 0) is 0 Å². The highest BCUT2D eigenvalue weighted by molar-refractivity contribution is 6.08. The van der Waals surface area contributed by atoms with Crippen LogP contribution >= 0.6 is 0 Å². The Morgan fingerprint density at radius 1 is 1.24 bits per heavy atom. The Kier molecular flexibility index (Phi) is 2.98. The largest absolute Gasteiger partial charge is 0.396 e. The number of rotatable bonds is 2. The van der Waals surface area contributed by atoms with E-state index in [1.54, 1.807) is 6.20 Å². The van der Waals surface area contributed by atoms with Gasteiger partial charge in [0.25, 0.3) is 5.91 Å². The maximum Gasteiger partial charge on any atom is 0.259 e. The standard InChI is InChI=1S/C13H9F2N5O/c14-8-3-9(15)11(4-10(8)16)19-13(21)7-5-18-20-2-1-17-6-12(7)20/h1-6H,16H2,(H,19,21). The van der Waals surface area contributed by atoms with Crippen molar-refractivity contribution in [2.24, 2.45) is 0 Å². The Bertz CT molecular complexity index is 846. The van der Waals surface area contributed by atoms with Gasteiger partial charge in [-0.25, -0.2) is 13.3 Å². The molecule has 3 N–H and O–H groups in total. The monoisotopic (exact) mass is 289 g/mol. The Morgan fingerprint density at radius 3 is 2.86 bits per heavy atom. The molecule has 0 saturated heterocycles. The highest BCUT2D eigenvalue weighted by Gasteiger charge is 2.16. The van der Waals surface area contributed by atoms with Crippen LogP contribution in [0, 0.1) is 11.6 Å². The number of fused-ring (bicyclic) bond motifs is 1. The molecule has 0 fully saturated rings. The molecule has 1 aromatic carbocycles. The molecule has 0 atom stereocenters. The van der Waals surface area contributed by atoms with E-state index in [2.05, 4.69) is 15.4 Å². The molecule has 2 aromatic heterocycles. The van der Waals surface area contributed by atoms with Gasteiger partial charge in [-0.2, -0.15) is 5.10 Å². The molecule has 1 amide bonds. The number of aromatic nitrogens is 3. The maximum atomic E-state index is 13.6. The summed E-state index contributed by atoms with van der Waals surface area (Å²) in [6, 6.07) is 1.63. The van der Waals surface area contributed by atoms with Crippen LogP contribution in [0.25, 0.3) is 5.52 Å². The summed E-state index contributed by atoms with van der Waals surface area (Å²) in [4.78, 5) is 16.0. The van der Waals surface area contributed by atoms with Crippen molar-refractivity contribution in [3.8, 4) is 0 Å². The molecule has 2 heterocycles. The number of benzene rings is 1. The van der Waals surface area contributed by atoms with Gasteiger partial charge in [0.15, 0.2) is 0 Å². The normalized spacial score (nSPS) is 10.8. The zero-order valence-electron chi connectivity index (χ0n) is 10.5. The average molecular weight is 289 g/mol. The molecule has 0 aliphatic rings. The van der Waals surface area contributed by atoms with Gasteiger partial charge in [-0.15, -0.1) is 0 Å². The van der Waals surface area contributed by atoms with Gasteiger partial charge in [-0.05, 0) is 6.07 Å². The number of amides is 1. The molecular weight excluding hydrogens is 280 g/mol. The second kappa shape index (κ2) is 4.82. The van der Waals surface area contributed by atoms with Crippen molar-refractivity contribution in [1.29, 1.82) is 0 Å². The van der Waals surface area contributed by atoms with Gasteiger partial charge in [0.1, 0.15) is 11.6 Å². The Hall–Kier alpha value is -3.03. The molecule has 3 aromatic rings. The van der Waals surface area contributed by atoms with Gasteiger partial charge >= 0.3 is 0 Å². The fraction of sp³-hybridized carbons (Fsp3) is 0. The van der Waals surface area contributed by atoms with E-state index in [0.717, 1.165) is 6.07 Å². The molecule has 0 saturated carbocycles. The number of hydrogen-bond acceptors (Lipinski definition) is 4. The quantitative estimate of drug-likeness (QED) is 0.705. The summed E-state index contributed by atoms with van der Waals surface area (Å²) in [5.74, 6) is -2.39. The summed E-state index contributed by atoms with van der Waals surface area (Å²) in [7, 11) is 0. The second-order valence-corrected chi connectivity index (χ2v) is 4.27. The zero-order chi connectivity index (χ0) is 15.0. The Morgan fingerprint density at radius 2 is 2.05 bits per heavy atom. The Labute approximate surface area is 117 Å². The third kappa shape index (κ3) is 2.27. The van der Waals surface area contributed by atoms with Crippen LogP contribution in [0.5, 0.6) is 0 Å². The lowest BCUT2D eigenvalue weighted by molar-refractivity contribution is 0.102. The number of nitrogen functional groups attached to an aromatic ring is 1. The van der Waals surface area contributed by atoms with E-state index in [1.807, 2.05) is 0 Å². The van der Waals surface area contributed by atoms with Crippen molar-refractivity contribution in [2.75, 3.05) is 11.1 Å². The van der Waals surface area contributed by atoms with E-state index in [-0.39, 0.29) is 16.9 Å². The second-order valence-electron chi connectivity index (χ2n) is 4.27. The van der Waals surface area contributed by atoms with Crippen LogP contribution in [0.2, 0.25) is 0 Å². The molecule has 3 rings (SSSR count). The van der Waals surface area contributed by atoms with E-state index in [1.165, 1.54) is 23.1 Å². The minimum atomic E-state index is -0.912. The predicted octanol–water partition coefficient (Wildman–Crippen LogP) is 1.84. The molecule has 106 valence electrons. The maximum absolute atomic E-state index is 13.6. The van der Waals surface area contributed by atoms with Crippen molar-refractivity contribution in [1.82, 2.24) is 14.6 Å². The topological polar surface area (TPSA) is 85.3 Å². The predicted molar refractivity (Wildman–Crippen MR) is 71.7 cm³/mol. The van der Waals surface area contributed by atoms with E-state index in [9.17, 15) is 13.6 Å². The van der Waals surface area contributed by atoms with Gasteiger partial charge in [0.05, 0.1) is 34.8 Å². The summed E-state index contributed by atoms with van der Waals surface area (Å²) >= 11 is 0. The lowest BCUT2D eigenvalue weighted by Crippen LogP contribution is -2.13. The summed E-state index contributed by atoms with van der Waals surface area (Å²) in [6.45, 7) is 0. The fourth-order valence-corrected chi connectivity index (χ4v) is 1.86. The molecule has 0 aliphatic heterocycles. The highest BCUT2D eigenvalue weighted by Crippen LogP contribution is 2.22. The summed E-state index contributed by atoms with van der Waals surface area (Å²) in [5, 5.41) is 6.30. The number of nitrogens with two attached hydrogens (primary N) is 1. The van der Waals surface area contributed by atoms with Gasteiger partial charge in [-0.1, -0.05) is 0 Å². The first kappa shape index (κ1) is 13.0. The molecule has 0 unspecified atom stereocenters. The van der Waals surface area contributed by atoms with Crippen molar-refractivity contribution in [2.45, 2.75) is 0 Å². The molecule has 0 radical (unpaired) electrons. The lowest BCUT2D eigenvalue weighted by atomic mass is 10.2. The number of anilines is 2. The molecular formula is C13H9F2N5O. The van der Waals surface area contributed by atoms with Gasteiger partial charge < -0.3 is 11.1 Å². The van der Waals surface area contributed by atoms with Crippen molar-refractivity contribution >= 4 is 22.8 Å². The Balaban J connectivity index is 1.95. The first-order valence-electron chi connectivity index (χ1n) is 5.89. The van der Waals surface area contributed by atoms with Crippen LogP contribution in [0.1, 0.15) is 10.4 Å². The number of nitrogens with one attached hydrogen (secondary N) is 1. The van der Waals surface area contributed by atoms with Crippen LogP contribution in [0.3, 0.4) is 0 Å². The van der Waals surface area contributed by atoms with Gasteiger partial charge in [-0.3, -0.25) is 9.78 Å². The van der Waals surface area contributed by atoms with Crippen LogP contribution in [0.15, 0.2) is 36.9 Å². The molecule has 8 heteroatoms. The van der Waals surface area contributed by atoms with E-state index in [4.69, 9.17) is 5.73 Å². The molecule has 0 aliphatic carbocycles. The lowest BCUT2D eigenvalue weighted by Gasteiger charge is -2.07. The molecule has 21 heavy (non-hydrogen) atoms. The van der Waals surface area contributed by atoms with Crippen LogP contribution < -0.4 is 11.1 Å². The number of nitrogens with zero attached hydrogens (tertiary/aromatic N) is 3. The average Bonchev–Trinajstić information content (AvgIpc) is 2.88. The van der Waals surface area contributed by atoms with E-state index < -0.39 is 17.5 Å². The van der Waals surface area contributed by atoms with Crippen LogP contribution in [-0.4, -0.2) is 20.5 Å². The van der Waals surface area contributed by atoms with E-state index in [0.29, 0.717) is 11.6 Å². The zero-order valence-corrected chi connectivity index (χ0v) is 10.5. The first-order valence-corrected chi connectivity index (χ1v) is 5.89. The number of carbonyl (C=O) groups is 1. The molecule has 0 bridgehead atoms. The SMILES string of the molecule is Nc1cc(NC(=O)c2cnn3ccncc23)c(F)cc1F. The first-order chi connectivity index (χ1) is 10.1. The van der Waals surface area contributed by atoms with Gasteiger partial charge in [0, 0.05) is 18.5 Å². The minimum absolute atomic E-state index is 0.206. The van der Waals surface area contributed by atoms with Gasteiger partial charge in [0.2, 0.25) is 0 Å². The molecule has 0 spiro atoms. The smallest absolute Gasteiger partial charge is 0.259 e. The fourth-order valence-electron chi connectivity index (χ4n) is 1.86. The van der Waals surface area contributed by atoms with Crippen LogP contribution in [0.4, 0.5) is 20.2 Å². The van der Waals surface area contributed by atoms with Crippen molar-refractivity contribution in [3.05, 3.63) is 54.1 Å². The van der Waals surface area contributed by atoms with Crippen molar-refractivity contribution in [3.63, 3.8) is 0 Å². The third-order valence-corrected chi connectivity index (χ3v) is 2.90. The third-order valence-electron chi connectivity index (χ3n) is 2.90. The number of halogens is 2. The van der Waals surface area contributed by atoms with Crippen molar-refractivity contribution < 1.29 is 13.6 Å². The van der Waals surface area contributed by atoms with E-state index >= 15 is 0 Å². The highest BCUT2D eigenvalue weighted by atomic mass is 19.1. The number of carbonyl (C=O) groups excluding carboxylic acids is 1. The summed E-state index contributed by atoms with van der Waals surface area (Å²) < 4.78 is 28.1. The summed E-state index contributed by atoms with van der Waals surface area (Å²) in [6.07, 6.45) is 5.87. The number of hydrogen-bond donors (Lipinski definition) is 2. The molecule has 6 nitrogen and oxygen atoms in total. The minimum Gasteiger partial charge on any atom is -0.396 e. The summed E-state index contributed by atoms with van der Waals surface area (Å²) in [5.41, 5.74) is 5.57.